The minimum atomic E-state index is 0.542. The Morgan fingerprint density at radius 2 is 2.06 bits per heavy atom. The molecule has 0 aliphatic heterocycles. The number of unbranched alkanes of at least 4 members (excludes halogenated alkanes) is 1. The zero-order valence-electron chi connectivity index (χ0n) is 11.0. The lowest BCUT2D eigenvalue weighted by Gasteiger charge is -2.04. The molecule has 1 aromatic heterocycles. The first-order valence-electron chi connectivity index (χ1n) is 6.38. The lowest BCUT2D eigenvalue weighted by Crippen LogP contribution is -2.12. The molecule has 1 N–H and O–H groups in total. The molecule has 0 aromatic carbocycles. The number of hydrogen-bond acceptors (Lipinski definition) is 3. The van der Waals surface area contributed by atoms with Crippen LogP contribution in [0.5, 0.6) is 0 Å². The molecule has 1 aromatic rings. The molecule has 92 valence electrons. The summed E-state index contributed by atoms with van der Waals surface area (Å²) in [6.07, 6.45) is 3.65. The van der Waals surface area contributed by atoms with Crippen molar-refractivity contribution >= 4 is 11.3 Å². The molecule has 0 saturated carbocycles. The van der Waals surface area contributed by atoms with E-state index in [1.165, 1.54) is 28.4 Å². The van der Waals surface area contributed by atoms with Crippen LogP contribution in [0.2, 0.25) is 0 Å². The largest absolute Gasteiger partial charge is 0.312 e. The third kappa shape index (κ3) is 3.87. The molecule has 0 bridgehead atoms. The van der Waals surface area contributed by atoms with Gasteiger partial charge in [-0.25, -0.2) is 4.98 Å². The van der Waals surface area contributed by atoms with Gasteiger partial charge in [-0.3, -0.25) is 0 Å². The number of thiazole rings is 1. The van der Waals surface area contributed by atoms with Gasteiger partial charge in [0.25, 0.3) is 0 Å². The fourth-order valence-corrected chi connectivity index (χ4v) is 2.90. The Morgan fingerprint density at radius 1 is 1.31 bits per heavy atom. The molecular weight excluding hydrogens is 216 g/mol. The minimum Gasteiger partial charge on any atom is -0.312 e. The van der Waals surface area contributed by atoms with Gasteiger partial charge in [-0.15, -0.1) is 11.3 Å². The Morgan fingerprint density at radius 3 is 2.62 bits per heavy atom. The fraction of sp³-hybridized carbons (Fsp3) is 0.769. The van der Waals surface area contributed by atoms with Crippen molar-refractivity contribution in [2.24, 2.45) is 0 Å². The average Bonchev–Trinajstić information content (AvgIpc) is 2.67. The van der Waals surface area contributed by atoms with Crippen LogP contribution in [-0.4, -0.2) is 11.5 Å². The summed E-state index contributed by atoms with van der Waals surface area (Å²) >= 11 is 1.89. The Hall–Kier alpha value is -0.410. The Kier molecular flexibility index (Phi) is 5.99. The minimum absolute atomic E-state index is 0.542. The van der Waals surface area contributed by atoms with E-state index >= 15 is 0 Å². The van der Waals surface area contributed by atoms with Gasteiger partial charge in [0, 0.05) is 11.4 Å². The Balaban J connectivity index is 2.74. The lowest BCUT2D eigenvalue weighted by molar-refractivity contribution is 0.711. The van der Waals surface area contributed by atoms with Crippen molar-refractivity contribution in [2.75, 3.05) is 6.54 Å². The van der Waals surface area contributed by atoms with Crippen LogP contribution in [0, 0.1) is 0 Å². The van der Waals surface area contributed by atoms with Gasteiger partial charge in [0.2, 0.25) is 0 Å². The second-order valence-corrected chi connectivity index (χ2v) is 5.62. The third-order valence-electron chi connectivity index (χ3n) is 2.60. The van der Waals surface area contributed by atoms with E-state index in [0.717, 1.165) is 19.5 Å². The molecule has 1 rings (SSSR count). The summed E-state index contributed by atoms with van der Waals surface area (Å²) in [6, 6.07) is 0. The summed E-state index contributed by atoms with van der Waals surface area (Å²) in [5.74, 6) is 0.542. The SMILES string of the molecule is CCCCc1nc(C(C)C)c(CNCC)s1. The van der Waals surface area contributed by atoms with Gasteiger partial charge in [0.15, 0.2) is 0 Å². The van der Waals surface area contributed by atoms with E-state index in [9.17, 15) is 0 Å². The second kappa shape index (κ2) is 7.02. The maximum atomic E-state index is 4.78. The molecule has 0 aliphatic carbocycles. The Labute approximate surface area is 103 Å². The van der Waals surface area contributed by atoms with Gasteiger partial charge in [-0.2, -0.15) is 0 Å². The zero-order valence-corrected chi connectivity index (χ0v) is 11.8. The normalized spacial score (nSPS) is 11.3. The predicted molar refractivity (Wildman–Crippen MR) is 72.2 cm³/mol. The molecule has 3 heteroatoms. The number of nitrogens with zero attached hydrogens (tertiary/aromatic N) is 1. The van der Waals surface area contributed by atoms with Crippen LogP contribution in [0.3, 0.4) is 0 Å². The van der Waals surface area contributed by atoms with E-state index in [-0.39, 0.29) is 0 Å². The molecule has 0 atom stereocenters. The summed E-state index contributed by atoms with van der Waals surface area (Å²) in [5, 5.41) is 4.72. The monoisotopic (exact) mass is 240 g/mol. The molecule has 0 spiro atoms. The van der Waals surface area contributed by atoms with Gasteiger partial charge in [0.05, 0.1) is 10.7 Å². The van der Waals surface area contributed by atoms with E-state index < -0.39 is 0 Å². The highest BCUT2D eigenvalue weighted by Crippen LogP contribution is 2.26. The van der Waals surface area contributed by atoms with Crippen LogP contribution in [0.15, 0.2) is 0 Å². The van der Waals surface area contributed by atoms with E-state index in [1.807, 2.05) is 11.3 Å². The molecule has 0 radical (unpaired) electrons. The van der Waals surface area contributed by atoms with Crippen molar-refractivity contribution in [1.82, 2.24) is 10.3 Å². The number of rotatable bonds is 7. The maximum absolute atomic E-state index is 4.78. The first kappa shape index (κ1) is 13.7. The quantitative estimate of drug-likeness (QED) is 0.785. The summed E-state index contributed by atoms with van der Waals surface area (Å²) < 4.78 is 0. The molecule has 0 saturated heterocycles. The first-order chi connectivity index (χ1) is 7.69. The van der Waals surface area contributed by atoms with Gasteiger partial charge in [-0.1, -0.05) is 34.1 Å². The van der Waals surface area contributed by atoms with Crippen molar-refractivity contribution < 1.29 is 0 Å². The van der Waals surface area contributed by atoms with Gasteiger partial charge >= 0.3 is 0 Å². The standard InChI is InChI=1S/C13H24N2S/c1-5-7-8-12-15-13(10(3)4)11(16-12)9-14-6-2/h10,14H,5-9H2,1-4H3. The second-order valence-electron chi connectivity index (χ2n) is 4.45. The summed E-state index contributed by atoms with van der Waals surface area (Å²) in [7, 11) is 0. The van der Waals surface area contributed by atoms with E-state index in [2.05, 4.69) is 33.0 Å². The van der Waals surface area contributed by atoms with E-state index in [0.29, 0.717) is 5.92 Å². The van der Waals surface area contributed by atoms with E-state index in [4.69, 9.17) is 4.98 Å². The van der Waals surface area contributed by atoms with Crippen molar-refractivity contribution in [2.45, 2.75) is 59.4 Å². The van der Waals surface area contributed by atoms with Gasteiger partial charge in [-0.05, 0) is 25.3 Å². The molecule has 0 unspecified atom stereocenters. The fourth-order valence-electron chi connectivity index (χ4n) is 1.67. The van der Waals surface area contributed by atoms with Crippen molar-refractivity contribution in [3.05, 3.63) is 15.6 Å². The van der Waals surface area contributed by atoms with Crippen molar-refractivity contribution in [3.63, 3.8) is 0 Å². The molecular formula is C13H24N2S. The van der Waals surface area contributed by atoms with Crippen LogP contribution < -0.4 is 5.32 Å². The highest BCUT2D eigenvalue weighted by Gasteiger charge is 2.13. The summed E-state index contributed by atoms with van der Waals surface area (Å²) in [6.45, 7) is 10.8. The topological polar surface area (TPSA) is 24.9 Å². The van der Waals surface area contributed by atoms with Gasteiger partial charge in [0.1, 0.15) is 0 Å². The summed E-state index contributed by atoms with van der Waals surface area (Å²) in [4.78, 5) is 6.21. The van der Waals surface area contributed by atoms with Crippen molar-refractivity contribution in [1.29, 1.82) is 0 Å². The molecule has 1 heterocycles. The Bertz CT molecular complexity index is 305. The lowest BCUT2D eigenvalue weighted by atomic mass is 10.1. The van der Waals surface area contributed by atoms with Crippen LogP contribution >= 0.6 is 11.3 Å². The smallest absolute Gasteiger partial charge is 0.0931 e. The number of hydrogen-bond donors (Lipinski definition) is 1. The van der Waals surface area contributed by atoms with E-state index in [1.54, 1.807) is 0 Å². The van der Waals surface area contributed by atoms with Crippen molar-refractivity contribution in [3.8, 4) is 0 Å². The molecule has 0 fully saturated rings. The molecule has 0 amide bonds. The molecule has 0 aliphatic rings. The molecule has 2 nitrogen and oxygen atoms in total. The van der Waals surface area contributed by atoms with Crippen LogP contribution in [-0.2, 0) is 13.0 Å². The summed E-state index contributed by atoms with van der Waals surface area (Å²) in [5.41, 5.74) is 1.30. The number of nitrogens with one attached hydrogen (secondary N) is 1. The van der Waals surface area contributed by atoms with Crippen LogP contribution in [0.1, 0.15) is 62.0 Å². The van der Waals surface area contributed by atoms with Gasteiger partial charge < -0.3 is 5.32 Å². The predicted octanol–water partition coefficient (Wildman–Crippen LogP) is 3.72. The maximum Gasteiger partial charge on any atom is 0.0931 e. The highest BCUT2D eigenvalue weighted by atomic mass is 32.1. The zero-order chi connectivity index (χ0) is 12.0. The average molecular weight is 240 g/mol. The third-order valence-corrected chi connectivity index (χ3v) is 3.73. The highest BCUT2D eigenvalue weighted by molar-refractivity contribution is 7.11. The van der Waals surface area contributed by atoms with Crippen LogP contribution in [0.25, 0.3) is 0 Å². The van der Waals surface area contributed by atoms with Crippen LogP contribution in [0.4, 0.5) is 0 Å². The first-order valence-corrected chi connectivity index (χ1v) is 7.19. The number of aryl methyl sites for hydroxylation is 1. The molecule has 16 heavy (non-hydrogen) atoms. The number of aromatic nitrogens is 1.